The van der Waals surface area contributed by atoms with E-state index in [2.05, 4.69) is 15.7 Å². The van der Waals surface area contributed by atoms with E-state index in [4.69, 9.17) is 54.2 Å². The van der Waals surface area contributed by atoms with Gasteiger partial charge in [-0.1, -0.05) is 40.5 Å². The molecule has 1 aromatic heterocycles. The van der Waals surface area contributed by atoms with Gasteiger partial charge in [-0.3, -0.25) is 24.0 Å². The minimum atomic E-state index is -1.00. The first-order chi connectivity index (χ1) is 20.3. The van der Waals surface area contributed by atoms with Crippen LogP contribution in [0.25, 0.3) is 0 Å². The van der Waals surface area contributed by atoms with Crippen molar-refractivity contribution in [1.82, 2.24) is 9.97 Å². The second kappa shape index (κ2) is 29.4. The van der Waals surface area contributed by atoms with Gasteiger partial charge < -0.3 is 64.9 Å². The van der Waals surface area contributed by atoms with Crippen LogP contribution in [0.4, 0.5) is 0 Å². The van der Waals surface area contributed by atoms with Crippen LogP contribution in [0, 0.1) is 11.8 Å². The Balaban J connectivity index is -0.000000232. The molecule has 0 unspecified atom stereocenters. The van der Waals surface area contributed by atoms with Gasteiger partial charge in [0, 0.05) is 18.3 Å². The molecule has 0 aliphatic carbocycles. The van der Waals surface area contributed by atoms with Crippen LogP contribution < -0.4 is 34.4 Å². The number of aromatic amines is 1. The maximum Gasteiger partial charge on any atom is 0.320 e. The van der Waals surface area contributed by atoms with Crippen molar-refractivity contribution in [3.63, 3.8) is 0 Å². The van der Waals surface area contributed by atoms with Crippen LogP contribution in [0.15, 0.2) is 12.5 Å². The van der Waals surface area contributed by atoms with Crippen LogP contribution >= 0.6 is 0 Å². The van der Waals surface area contributed by atoms with Gasteiger partial charge in [0.1, 0.15) is 24.2 Å². The Morgan fingerprint density at radius 3 is 1.52 bits per heavy atom. The van der Waals surface area contributed by atoms with Gasteiger partial charge in [0.15, 0.2) is 0 Å². The monoisotopic (exact) mass is 638 g/mol. The summed E-state index contributed by atoms with van der Waals surface area (Å²) >= 11 is 0. The van der Waals surface area contributed by atoms with Crippen molar-refractivity contribution < 1.29 is 49.5 Å². The highest BCUT2D eigenvalue weighted by Gasteiger charge is 2.17. The van der Waals surface area contributed by atoms with Gasteiger partial charge in [-0.2, -0.15) is 0 Å². The van der Waals surface area contributed by atoms with Crippen LogP contribution in [0.2, 0.25) is 0 Å². The summed E-state index contributed by atoms with van der Waals surface area (Å²) in [7, 11) is 0. The molecule has 0 saturated heterocycles. The van der Waals surface area contributed by atoms with E-state index in [1.54, 1.807) is 6.20 Å². The Bertz CT molecular complexity index is 903. The number of carboxylic acid groups (broad SMARTS) is 5. The minimum Gasteiger partial charge on any atom is -0.480 e. The topological polar surface area (TPSA) is 371 Å². The van der Waals surface area contributed by atoms with Crippen LogP contribution in [0.5, 0.6) is 0 Å². The van der Waals surface area contributed by atoms with Gasteiger partial charge in [-0.25, -0.2) is 4.98 Å². The zero-order valence-electron chi connectivity index (χ0n) is 26.0. The van der Waals surface area contributed by atoms with Crippen molar-refractivity contribution in [3.8, 4) is 0 Å². The van der Waals surface area contributed by atoms with Crippen molar-refractivity contribution in [1.29, 1.82) is 0 Å². The SMILES string of the molecule is CC(C)C[C@H](N)C(=O)O.CC[C@H](C)[C@H](N)C(=O)O.NCC(=O)O.NCCCC[C@H](N)C(=O)O.N[C@@H](Cc1cnc[nH]1)C(=O)O. The van der Waals surface area contributed by atoms with Gasteiger partial charge >= 0.3 is 29.8 Å². The highest BCUT2D eigenvalue weighted by Crippen LogP contribution is 2.04. The summed E-state index contributed by atoms with van der Waals surface area (Å²) in [4.78, 5) is 56.4. The van der Waals surface area contributed by atoms with Crippen molar-refractivity contribution in [3.05, 3.63) is 18.2 Å². The molecule has 258 valence electrons. The number of nitrogens with zero attached hydrogens (tertiary/aromatic N) is 1. The lowest BCUT2D eigenvalue weighted by Crippen LogP contribution is -2.36. The smallest absolute Gasteiger partial charge is 0.320 e. The predicted molar refractivity (Wildman–Crippen MR) is 163 cm³/mol. The number of hydrogen-bond donors (Lipinski definition) is 12. The predicted octanol–water partition coefficient (Wildman–Crippen LogP) is -1.19. The fourth-order valence-corrected chi connectivity index (χ4v) is 2.46. The summed E-state index contributed by atoms with van der Waals surface area (Å²) in [6.45, 7) is 7.98. The first-order valence-electron chi connectivity index (χ1n) is 13.8. The van der Waals surface area contributed by atoms with Gasteiger partial charge in [0.2, 0.25) is 0 Å². The van der Waals surface area contributed by atoms with E-state index in [0.717, 1.165) is 25.0 Å². The summed E-state index contributed by atoms with van der Waals surface area (Å²) in [5, 5.41) is 41.0. The Kier molecular flexibility index (Phi) is 31.6. The molecule has 1 rings (SSSR count). The number of hydrogen-bond acceptors (Lipinski definition) is 12. The molecule has 0 spiro atoms. The lowest BCUT2D eigenvalue weighted by molar-refractivity contribution is -0.140. The lowest BCUT2D eigenvalue weighted by atomic mass is 10.0. The maximum absolute atomic E-state index is 10.3. The fourth-order valence-electron chi connectivity index (χ4n) is 2.46. The summed E-state index contributed by atoms with van der Waals surface area (Å²) in [6, 6.07) is -2.96. The lowest BCUT2D eigenvalue weighted by Gasteiger charge is -2.11. The zero-order chi connectivity index (χ0) is 35.4. The summed E-state index contributed by atoms with van der Waals surface area (Å²) in [5.74, 6) is -4.30. The van der Waals surface area contributed by atoms with Crippen LogP contribution in [-0.2, 0) is 30.4 Å². The molecule has 0 saturated carbocycles. The number of rotatable bonds is 15. The molecule has 18 heteroatoms. The van der Waals surface area contributed by atoms with Gasteiger partial charge in [-0.05, 0) is 37.6 Å². The quantitative estimate of drug-likeness (QED) is 0.100. The summed E-state index contributed by atoms with van der Waals surface area (Å²) in [6.07, 6.45) is 6.86. The third-order valence-corrected chi connectivity index (χ3v) is 5.36. The molecule has 0 fully saturated rings. The van der Waals surface area contributed by atoms with E-state index in [1.165, 1.54) is 6.33 Å². The zero-order valence-corrected chi connectivity index (χ0v) is 26.0. The fraction of sp³-hybridized carbons (Fsp3) is 0.692. The molecule has 0 aliphatic rings. The number of unbranched alkanes of at least 4 members (excludes halogenated alkanes) is 1. The van der Waals surface area contributed by atoms with Gasteiger partial charge in [0.05, 0.1) is 12.9 Å². The molecular formula is C26H54N8O10. The Morgan fingerprint density at radius 1 is 0.795 bits per heavy atom. The van der Waals surface area contributed by atoms with Crippen molar-refractivity contribution >= 4 is 29.8 Å². The molecule has 0 radical (unpaired) electrons. The van der Waals surface area contributed by atoms with Gasteiger partial charge in [-0.15, -0.1) is 0 Å². The molecule has 0 aromatic carbocycles. The number of carbonyl (C=O) groups is 5. The maximum atomic E-state index is 10.3. The van der Waals surface area contributed by atoms with E-state index < -0.39 is 54.0 Å². The van der Waals surface area contributed by atoms with Gasteiger partial charge in [0.25, 0.3) is 0 Å². The molecule has 0 aliphatic heterocycles. The van der Waals surface area contributed by atoms with Crippen molar-refractivity contribution in [2.75, 3.05) is 13.1 Å². The van der Waals surface area contributed by atoms with E-state index in [9.17, 15) is 24.0 Å². The Morgan fingerprint density at radius 2 is 1.27 bits per heavy atom. The first kappa shape index (κ1) is 47.3. The first-order valence-corrected chi connectivity index (χ1v) is 13.8. The van der Waals surface area contributed by atoms with Crippen LogP contribution in [0.1, 0.15) is 65.5 Å². The second-order valence-electron chi connectivity index (χ2n) is 9.88. The third kappa shape index (κ3) is 32.8. The number of carboxylic acids is 5. The number of aromatic nitrogens is 2. The molecule has 18 N–H and O–H groups in total. The average Bonchev–Trinajstić information content (AvgIpc) is 3.46. The molecule has 0 bridgehead atoms. The highest BCUT2D eigenvalue weighted by atomic mass is 16.4. The second-order valence-corrected chi connectivity index (χ2v) is 9.88. The summed E-state index contributed by atoms with van der Waals surface area (Å²) in [5.41, 5.74) is 31.5. The Hall–Kier alpha value is -3.68. The van der Waals surface area contributed by atoms with Crippen LogP contribution in [-0.4, -0.2) is 103 Å². The van der Waals surface area contributed by atoms with E-state index in [0.29, 0.717) is 25.3 Å². The molecule has 0 amide bonds. The number of aliphatic carboxylic acids is 5. The standard InChI is InChI=1S/C6H9N3O2.C6H14N2O2.2C6H13NO2.C2H5NO2/c7-5(6(10)11)1-4-2-8-3-9-4;7-4-2-1-3-5(8)6(9)10;1-4(2)3-5(7)6(8)9;1-3-4(2)5(7)6(8)9;3-1-2(4)5/h2-3,5H,1,7H2,(H,8,9)(H,10,11);5H,1-4,7-8H2,(H,9,10);2*4-5H,3,7H2,1-2H3,(H,8,9);1,3H2,(H,4,5)/t3*5-;4-,5-;/m0000./s1. The number of nitrogens with one attached hydrogen (secondary N) is 1. The molecule has 18 nitrogen and oxygen atoms in total. The average molecular weight is 639 g/mol. The number of H-pyrrole nitrogens is 1. The normalized spacial score (nSPS) is 13.2. The molecule has 5 atom stereocenters. The number of imidazole rings is 1. The largest absolute Gasteiger partial charge is 0.480 e. The van der Waals surface area contributed by atoms with E-state index in [1.807, 2.05) is 27.7 Å². The van der Waals surface area contributed by atoms with Crippen LogP contribution in [0.3, 0.4) is 0 Å². The molecule has 1 aromatic rings. The Labute approximate surface area is 257 Å². The van der Waals surface area contributed by atoms with E-state index in [-0.39, 0.29) is 18.9 Å². The third-order valence-electron chi connectivity index (χ3n) is 5.36. The minimum absolute atomic E-state index is 0.0718. The molecule has 1 heterocycles. The van der Waals surface area contributed by atoms with E-state index >= 15 is 0 Å². The van der Waals surface area contributed by atoms with Crippen molar-refractivity contribution in [2.45, 2.75) is 90.4 Å². The molecule has 44 heavy (non-hydrogen) atoms. The van der Waals surface area contributed by atoms with Crippen molar-refractivity contribution in [2.24, 2.45) is 46.2 Å². The number of nitrogens with two attached hydrogens (primary N) is 6. The molecular weight excluding hydrogens is 584 g/mol. The summed E-state index contributed by atoms with van der Waals surface area (Å²) < 4.78 is 0. The highest BCUT2D eigenvalue weighted by molar-refractivity contribution is 5.74.